The van der Waals surface area contributed by atoms with Crippen LogP contribution in [0.25, 0.3) is 10.8 Å². The number of ether oxygens (including phenoxy) is 1. The molecule has 4 nitrogen and oxygen atoms in total. The Hall–Kier alpha value is -2.07. The van der Waals surface area contributed by atoms with Gasteiger partial charge in [0.1, 0.15) is 11.3 Å². The van der Waals surface area contributed by atoms with E-state index in [4.69, 9.17) is 10.5 Å². The molecule has 19 heavy (non-hydrogen) atoms. The molecule has 4 heteroatoms. The van der Waals surface area contributed by atoms with Crippen LogP contribution in [-0.4, -0.2) is 23.7 Å². The van der Waals surface area contributed by atoms with Crippen LogP contribution in [-0.2, 0) is 4.79 Å². The second-order valence-corrected chi connectivity index (χ2v) is 5.00. The van der Waals surface area contributed by atoms with Crippen LogP contribution >= 0.6 is 0 Å². The van der Waals surface area contributed by atoms with Gasteiger partial charge in [-0.2, -0.15) is 0 Å². The fraction of sp³-hybridized carbons (Fsp3) is 0.267. The third-order valence-corrected chi connectivity index (χ3v) is 3.90. The maximum atomic E-state index is 11.2. The molecule has 0 unspecified atom stereocenters. The zero-order valence-corrected chi connectivity index (χ0v) is 10.6. The maximum absolute atomic E-state index is 11.2. The number of fused-ring (bicyclic) bond motifs is 1. The minimum absolute atomic E-state index is 0.189. The molecule has 0 aliphatic heterocycles. The summed E-state index contributed by atoms with van der Waals surface area (Å²) in [5.41, 5.74) is 5.68. The second-order valence-electron chi connectivity index (χ2n) is 5.00. The normalized spacial score (nSPS) is 25.3. The summed E-state index contributed by atoms with van der Waals surface area (Å²) in [6.07, 6.45) is 0.451. The van der Waals surface area contributed by atoms with Crippen LogP contribution < -0.4 is 10.5 Å². The Balaban J connectivity index is 2.20. The van der Waals surface area contributed by atoms with E-state index in [-0.39, 0.29) is 5.92 Å². The van der Waals surface area contributed by atoms with Gasteiger partial charge in [-0.05, 0) is 23.3 Å². The number of carboxylic acid groups (broad SMARTS) is 1. The zero-order chi connectivity index (χ0) is 13.6. The molecule has 3 rings (SSSR count). The standard InChI is InChI=1S/C15H15NO3/c1-19-12-7-6-9-4-2-3-5-10(9)13(12)11-8-15(11,16)14(17)18/h2-7,11H,8,16H2,1H3,(H,17,18)/t11-,15+/m1/s1. The summed E-state index contributed by atoms with van der Waals surface area (Å²) in [7, 11) is 1.59. The van der Waals surface area contributed by atoms with Crippen molar-refractivity contribution in [3.8, 4) is 5.75 Å². The number of benzene rings is 2. The lowest BCUT2D eigenvalue weighted by Crippen LogP contribution is -2.34. The lowest BCUT2D eigenvalue weighted by molar-refractivity contribution is -0.139. The van der Waals surface area contributed by atoms with Crippen molar-refractivity contribution < 1.29 is 14.6 Å². The van der Waals surface area contributed by atoms with Crippen LogP contribution in [0.3, 0.4) is 0 Å². The number of methoxy groups -OCH3 is 1. The van der Waals surface area contributed by atoms with E-state index in [0.29, 0.717) is 12.2 Å². The lowest BCUT2D eigenvalue weighted by atomic mass is 9.97. The number of aliphatic carboxylic acids is 1. The molecule has 1 aliphatic carbocycles. The van der Waals surface area contributed by atoms with Gasteiger partial charge in [0.25, 0.3) is 0 Å². The van der Waals surface area contributed by atoms with Crippen molar-refractivity contribution in [1.82, 2.24) is 0 Å². The first-order valence-electron chi connectivity index (χ1n) is 6.16. The van der Waals surface area contributed by atoms with E-state index < -0.39 is 11.5 Å². The molecule has 0 amide bonds. The van der Waals surface area contributed by atoms with Crippen molar-refractivity contribution in [2.45, 2.75) is 17.9 Å². The molecule has 2 aromatic rings. The van der Waals surface area contributed by atoms with Gasteiger partial charge in [-0.15, -0.1) is 0 Å². The molecule has 0 aromatic heterocycles. The van der Waals surface area contributed by atoms with Crippen LogP contribution in [0.5, 0.6) is 5.75 Å². The highest BCUT2D eigenvalue weighted by Gasteiger charge is 2.59. The minimum atomic E-state index is -1.16. The number of carboxylic acids is 1. The predicted molar refractivity (Wildman–Crippen MR) is 72.4 cm³/mol. The first-order valence-corrected chi connectivity index (χ1v) is 6.16. The molecule has 2 aromatic carbocycles. The van der Waals surface area contributed by atoms with Crippen LogP contribution in [0, 0.1) is 0 Å². The summed E-state index contributed by atoms with van der Waals surface area (Å²) in [5, 5.41) is 11.3. The van der Waals surface area contributed by atoms with E-state index in [1.807, 2.05) is 36.4 Å². The van der Waals surface area contributed by atoms with E-state index in [2.05, 4.69) is 0 Å². The lowest BCUT2D eigenvalue weighted by Gasteiger charge is -2.13. The Bertz CT molecular complexity index is 667. The van der Waals surface area contributed by atoms with E-state index in [1.165, 1.54) is 0 Å². The summed E-state index contributed by atoms with van der Waals surface area (Å²) in [6, 6.07) is 11.7. The Morgan fingerprint density at radius 2 is 2.11 bits per heavy atom. The molecule has 0 heterocycles. The van der Waals surface area contributed by atoms with E-state index >= 15 is 0 Å². The molecule has 1 fully saturated rings. The van der Waals surface area contributed by atoms with E-state index in [9.17, 15) is 9.90 Å². The quantitative estimate of drug-likeness (QED) is 0.883. The maximum Gasteiger partial charge on any atom is 0.324 e. The van der Waals surface area contributed by atoms with Crippen LogP contribution in [0.1, 0.15) is 17.9 Å². The van der Waals surface area contributed by atoms with Crippen molar-refractivity contribution in [3.63, 3.8) is 0 Å². The van der Waals surface area contributed by atoms with Gasteiger partial charge in [0.05, 0.1) is 7.11 Å². The van der Waals surface area contributed by atoms with Gasteiger partial charge in [-0.25, -0.2) is 0 Å². The Kier molecular flexibility index (Phi) is 2.50. The van der Waals surface area contributed by atoms with Gasteiger partial charge in [-0.3, -0.25) is 4.79 Å². The van der Waals surface area contributed by atoms with Crippen molar-refractivity contribution in [3.05, 3.63) is 42.0 Å². The smallest absolute Gasteiger partial charge is 0.324 e. The number of rotatable bonds is 3. The van der Waals surface area contributed by atoms with Crippen molar-refractivity contribution in [1.29, 1.82) is 0 Å². The predicted octanol–water partition coefficient (Wildman–Crippen LogP) is 2.12. The molecule has 1 saturated carbocycles. The van der Waals surface area contributed by atoms with Gasteiger partial charge in [0.15, 0.2) is 0 Å². The third-order valence-electron chi connectivity index (χ3n) is 3.90. The second kappa shape index (κ2) is 3.96. The molecular weight excluding hydrogens is 242 g/mol. The van der Waals surface area contributed by atoms with Gasteiger partial charge in [-0.1, -0.05) is 30.3 Å². The number of nitrogens with two attached hydrogens (primary N) is 1. The molecule has 0 bridgehead atoms. The number of carbonyl (C=O) groups is 1. The fourth-order valence-corrected chi connectivity index (χ4v) is 2.69. The molecule has 1 aliphatic rings. The van der Waals surface area contributed by atoms with Gasteiger partial charge in [0.2, 0.25) is 0 Å². The summed E-state index contributed by atoms with van der Waals surface area (Å²) in [5.74, 6) is -0.434. The van der Waals surface area contributed by atoms with Crippen molar-refractivity contribution in [2.24, 2.45) is 5.73 Å². The van der Waals surface area contributed by atoms with Crippen LogP contribution in [0.2, 0.25) is 0 Å². The molecule has 2 atom stereocenters. The zero-order valence-electron chi connectivity index (χ0n) is 10.6. The highest BCUT2D eigenvalue weighted by molar-refractivity contribution is 5.93. The molecule has 3 N–H and O–H groups in total. The van der Waals surface area contributed by atoms with Crippen LogP contribution in [0.15, 0.2) is 36.4 Å². The van der Waals surface area contributed by atoms with Gasteiger partial charge >= 0.3 is 5.97 Å². The Labute approximate surface area is 110 Å². The average molecular weight is 257 g/mol. The minimum Gasteiger partial charge on any atom is -0.496 e. The topological polar surface area (TPSA) is 72.5 Å². The molecule has 0 radical (unpaired) electrons. The summed E-state index contributed by atoms with van der Waals surface area (Å²) >= 11 is 0. The molecule has 0 spiro atoms. The monoisotopic (exact) mass is 257 g/mol. The van der Waals surface area contributed by atoms with Crippen LogP contribution in [0.4, 0.5) is 0 Å². The summed E-state index contributed by atoms with van der Waals surface area (Å²) < 4.78 is 5.38. The molecular formula is C15H15NO3. The highest BCUT2D eigenvalue weighted by atomic mass is 16.5. The van der Waals surface area contributed by atoms with Crippen molar-refractivity contribution >= 4 is 16.7 Å². The fourth-order valence-electron chi connectivity index (χ4n) is 2.69. The van der Waals surface area contributed by atoms with Crippen molar-refractivity contribution in [2.75, 3.05) is 7.11 Å². The SMILES string of the molecule is COc1ccc2ccccc2c1[C@H]1C[C@@]1(N)C(=O)O. The number of hydrogen-bond donors (Lipinski definition) is 2. The van der Waals surface area contributed by atoms with Gasteiger partial charge < -0.3 is 15.6 Å². The number of hydrogen-bond acceptors (Lipinski definition) is 3. The first-order chi connectivity index (χ1) is 9.08. The van der Waals surface area contributed by atoms with E-state index in [0.717, 1.165) is 16.3 Å². The highest BCUT2D eigenvalue weighted by Crippen LogP contribution is 2.54. The Morgan fingerprint density at radius 3 is 2.74 bits per heavy atom. The first kappa shape index (κ1) is 12.0. The third kappa shape index (κ3) is 1.68. The average Bonchev–Trinajstić information content (AvgIpc) is 3.10. The summed E-state index contributed by atoms with van der Waals surface area (Å²) in [6.45, 7) is 0. The Morgan fingerprint density at radius 1 is 1.37 bits per heavy atom. The van der Waals surface area contributed by atoms with E-state index in [1.54, 1.807) is 7.11 Å². The molecule has 98 valence electrons. The summed E-state index contributed by atoms with van der Waals surface area (Å²) in [4.78, 5) is 11.2. The largest absolute Gasteiger partial charge is 0.496 e. The van der Waals surface area contributed by atoms with Gasteiger partial charge in [0, 0.05) is 11.5 Å². The molecule has 0 saturated heterocycles.